The lowest BCUT2D eigenvalue weighted by Gasteiger charge is -2.24. The molecule has 0 aliphatic carbocycles. The molecule has 1 aromatic rings. The molecular weight excluding hydrogens is 362 g/mol. The maximum atomic E-state index is 12.4. The van der Waals surface area contributed by atoms with Gasteiger partial charge in [0.25, 0.3) is 0 Å². The molecule has 7 nitrogen and oxygen atoms in total. The standard InChI is InChI=1S/C21H31NO6/c1-16(2)19(24)26-14-13-22(12-11-18(23)28-21(3,4)5)20(25)27-15-17-9-7-6-8-10-17/h6-10,16H,11-15H2,1-5H3. The van der Waals surface area contributed by atoms with Crippen LogP contribution in [0.1, 0.15) is 46.6 Å². The SMILES string of the molecule is CC(C)C(=O)OCCN(CCC(=O)OC(C)(C)C)C(=O)OCc1ccccc1. The minimum absolute atomic E-state index is 0.0236. The maximum absolute atomic E-state index is 12.4. The Morgan fingerprint density at radius 2 is 1.64 bits per heavy atom. The van der Waals surface area contributed by atoms with Crippen LogP contribution in [0.4, 0.5) is 4.79 Å². The summed E-state index contributed by atoms with van der Waals surface area (Å²) < 4.78 is 15.7. The van der Waals surface area contributed by atoms with Crippen molar-refractivity contribution in [1.82, 2.24) is 4.90 Å². The first-order chi connectivity index (χ1) is 13.1. The fourth-order valence-electron chi connectivity index (χ4n) is 2.15. The van der Waals surface area contributed by atoms with Crippen LogP contribution in [0.15, 0.2) is 30.3 Å². The van der Waals surface area contributed by atoms with Gasteiger partial charge in [0, 0.05) is 6.54 Å². The number of benzene rings is 1. The Bertz CT molecular complexity index is 636. The lowest BCUT2D eigenvalue weighted by Crippen LogP contribution is -2.37. The van der Waals surface area contributed by atoms with Gasteiger partial charge in [-0.2, -0.15) is 0 Å². The first-order valence-electron chi connectivity index (χ1n) is 9.42. The molecule has 0 bridgehead atoms. The summed E-state index contributed by atoms with van der Waals surface area (Å²) in [6.07, 6.45) is -0.552. The highest BCUT2D eigenvalue weighted by atomic mass is 16.6. The molecule has 0 spiro atoms. The van der Waals surface area contributed by atoms with E-state index >= 15 is 0 Å². The summed E-state index contributed by atoms with van der Waals surface area (Å²) in [5.74, 6) is -1.00. The van der Waals surface area contributed by atoms with Crippen molar-refractivity contribution in [3.63, 3.8) is 0 Å². The van der Waals surface area contributed by atoms with Crippen molar-refractivity contribution in [3.05, 3.63) is 35.9 Å². The van der Waals surface area contributed by atoms with Gasteiger partial charge in [-0.1, -0.05) is 44.2 Å². The summed E-state index contributed by atoms with van der Waals surface area (Å²) >= 11 is 0. The Hall–Kier alpha value is -2.57. The van der Waals surface area contributed by atoms with Crippen LogP contribution in [-0.4, -0.2) is 48.2 Å². The zero-order valence-corrected chi connectivity index (χ0v) is 17.4. The summed E-state index contributed by atoms with van der Waals surface area (Å²) in [5.41, 5.74) is 0.261. The number of esters is 2. The molecule has 0 atom stereocenters. The van der Waals surface area contributed by atoms with Gasteiger partial charge in [0.05, 0.1) is 18.9 Å². The van der Waals surface area contributed by atoms with Crippen molar-refractivity contribution in [2.45, 2.75) is 53.2 Å². The first-order valence-corrected chi connectivity index (χ1v) is 9.42. The van der Waals surface area contributed by atoms with Crippen molar-refractivity contribution >= 4 is 18.0 Å². The van der Waals surface area contributed by atoms with Crippen molar-refractivity contribution in [3.8, 4) is 0 Å². The smallest absolute Gasteiger partial charge is 0.410 e. The molecule has 0 unspecified atom stereocenters. The second-order valence-electron chi connectivity index (χ2n) is 7.69. The molecule has 0 radical (unpaired) electrons. The quantitative estimate of drug-likeness (QED) is 0.471. The van der Waals surface area contributed by atoms with Crippen molar-refractivity contribution in [2.24, 2.45) is 5.92 Å². The van der Waals surface area contributed by atoms with Gasteiger partial charge in [-0.3, -0.25) is 9.59 Å². The monoisotopic (exact) mass is 393 g/mol. The molecule has 1 amide bonds. The number of nitrogens with zero attached hydrogens (tertiary/aromatic N) is 1. The first kappa shape index (κ1) is 23.5. The molecule has 1 rings (SSSR count). The topological polar surface area (TPSA) is 82.1 Å². The van der Waals surface area contributed by atoms with Crippen molar-refractivity contribution in [2.75, 3.05) is 19.7 Å². The second kappa shape index (κ2) is 11.3. The lowest BCUT2D eigenvalue weighted by atomic mass is 10.2. The Morgan fingerprint density at radius 1 is 1.00 bits per heavy atom. The Morgan fingerprint density at radius 3 is 2.21 bits per heavy atom. The van der Waals surface area contributed by atoms with Gasteiger partial charge >= 0.3 is 18.0 Å². The molecule has 156 valence electrons. The van der Waals surface area contributed by atoms with Gasteiger partial charge in [0.2, 0.25) is 0 Å². The number of carbonyl (C=O) groups excluding carboxylic acids is 3. The van der Waals surface area contributed by atoms with Crippen LogP contribution in [-0.2, 0) is 30.4 Å². The van der Waals surface area contributed by atoms with Crippen LogP contribution < -0.4 is 0 Å². The summed E-state index contributed by atoms with van der Waals surface area (Å²) in [5, 5.41) is 0. The molecule has 1 aromatic carbocycles. The van der Waals surface area contributed by atoms with Gasteiger partial charge < -0.3 is 19.1 Å². The molecule has 28 heavy (non-hydrogen) atoms. The zero-order chi connectivity index (χ0) is 21.2. The number of carbonyl (C=O) groups is 3. The van der Waals surface area contributed by atoms with Crippen LogP contribution in [0.25, 0.3) is 0 Å². The van der Waals surface area contributed by atoms with Gasteiger partial charge in [0.15, 0.2) is 0 Å². The van der Waals surface area contributed by atoms with E-state index < -0.39 is 17.7 Å². The van der Waals surface area contributed by atoms with E-state index in [0.29, 0.717) is 0 Å². The Kier molecular flexibility index (Phi) is 9.48. The van der Waals surface area contributed by atoms with Crippen LogP contribution in [0, 0.1) is 5.92 Å². The van der Waals surface area contributed by atoms with Crippen molar-refractivity contribution < 1.29 is 28.6 Å². The van der Waals surface area contributed by atoms with E-state index in [4.69, 9.17) is 14.2 Å². The highest BCUT2D eigenvalue weighted by Gasteiger charge is 2.21. The van der Waals surface area contributed by atoms with Crippen LogP contribution in [0.3, 0.4) is 0 Å². The molecule has 0 saturated carbocycles. The summed E-state index contributed by atoms with van der Waals surface area (Å²) in [6.45, 7) is 9.21. The minimum Gasteiger partial charge on any atom is -0.464 e. The number of rotatable bonds is 9. The average Bonchev–Trinajstić information content (AvgIpc) is 2.61. The van der Waals surface area contributed by atoms with Gasteiger partial charge in [-0.15, -0.1) is 0 Å². The number of ether oxygens (including phenoxy) is 3. The van der Waals surface area contributed by atoms with Crippen molar-refractivity contribution in [1.29, 1.82) is 0 Å². The molecule has 7 heteroatoms. The Labute approximate surface area is 166 Å². The third-order valence-electron chi connectivity index (χ3n) is 3.55. The second-order valence-corrected chi connectivity index (χ2v) is 7.69. The van der Waals surface area contributed by atoms with Gasteiger partial charge in [-0.25, -0.2) is 4.79 Å². The van der Waals surface area contributed by atoms with E-state index in [1.54, 1.807) is 34.6 Å². The highest BCUT2D eigenvalue weighted by Crippen LogP contribution is 2.10. The average molecular weight is 393 g/mol. The number of hydrogen-bond donors (Lipinski definition) is 0. The van der Waals surface area contributed by atoms with Crippen LogP contribution in [0.2, 0.25) is 0 Å². The third kappa shape index (κ3) is 9.94. The largest absolute Gasteiger partial charge is 0.464 e. The number of hydrogen-bond acceptors (Lipinski definition) is 6. The predicted molar refractivity (Wildman–Crippen MR) is 104 cm³/mol. The molecular formula is C21H31NO6. The summed E-state index contributed by atoms with van der Waals surface area (Å²) in [4.78, 5) is 37.3. The fraction of sp³-hybridized carbons (Fsp3) is 0.571. The molecule has 0 heterocycles. The van der Waals surface area contributed by atoms with E-state index in [9.17, 15) is 14.4 Å². The van der Waals surface area contributed by atoms with E-state index in [1.165, 1.54) is 4.90 Å². The summed E-state index contributed by atoms with van der Waals surface area (Å²) in [7, 11) is 0. The molecule has 0 N–H and O–H groups in total. The highest BCUT2D eigenvalue weighted by molar-refractivity contribution is 5.73. The third-order valence-corrected chi connectivity index (χ3v) is 3.55. The fourth-order valence-corrected chi connectivity index (χ4v) is 2.15. The number of amides is 1. The molecule has 0 aromatic heterocycles. The molecule has 0 aliphatic heterocycles. The van der Waals surface area contributed by atoms with Crippen LogP contribution in [0.5, 0.6) is 0 Å². The van der Waals surface area contributed by atoms with Gasteiger partial charge in [0.1, 0.15) is 18.8 Å². The van der Waals surface area contributed by atoms with Gasteiger partial charge in [-0.05, 0) is 26.3 Å². The van der Waals surface area contributed by atoms with E-state index in [0.717, 1.165) is 5.56 Å². The molecule has 0 fully saturated rings. The Balaban J connectivity index is 2.60. The summed E-state index contributed by atoms with van der Waals surface area (Å²) in [6, 6.07) is 9.29. The molecule has 0 aliphatic rings. The maximum Gasteiger partial charge on any atom is 0.410 e. The molecule has 0 saturated heterocycles. The zero-order valence-electron chi connectivity index (χ0n) is 17.4. The normalized spacial score (nSPS) is 11.1. The van der Waals surface area contributed by atoms with Crippen LogP contribution >= 0.6 is 0 Å². The predicted octanol–water partition coefficient (Wildman–Crippen LogP) is 3.56. The van der Waals surface area contributed by atoms with E-state index in [-0.39, 0.29) is 44.6 Å². The van der Waals surface area contributed by atoms with E-state index in [2.05, 4.69) is 0 Å². The minimum atomic E-state index is -0.595. The van der Waals surface area contributed by atoms with E-state index in [1.807, 2.05) is 30.3 Å². The lowest BCUT2D eigenvalue weighted by molar-refractivity contribution is -0.155.